The second kappa shape index (κ2) is 7.84. The summed E-state index contributed by atoms with van der Waals surface area (Å²) in [6.45, 7) is 4.49. The molecule has 0 radical (unpaired) electrons. The molecule has 3 aromatic rings. The molecule has 0 atom stereocenters. The molecule has 3 rings (SSSR count). The first-order valence-electron chi connectivity index (χ1n) is 8.55. The van der Waals surface area contributed by atoms with E-state index in [1.165, 1.54) is 11.3 Å². The van der Waals surface area contributed by atoms with Gasteiger partial charge in [0.15, 0.2) is 0 Å². The topological polar surface area (TPSA) is 66.9 Å². The molecule has 6 nitrogen and oxygen atoms in total. The van der Waals surface area contributed by atoms with Gasteiger partial charge in [-0.25, -0.2) is 0 Å². The van der Waals surface area contributed by atoms with Crippen LogP contribution in [0, 0.1) is 13.8 Å². The van der Waals surface area contributed by atoms with Gasteiger partial charge >= 0.3 is 0 Å². The van der Waals surface area contributed by atoms with E-state index in [9.17, 15) is 9.59 Å². The molecule has 0 unspecified atom stereocenters. The van der Waals surface area contributed by atoms with E-state index in [2.05, 4.69) is 0 Å². The van der Waals surface area contributed by atoms with Crippen molar-refractivity contribution in [3.8, 4) is 0 Å². The predicted octanol–water partition coefficient (Wildman–Crippen LogP) is 4.10. The fourth-order valence-electron chi connectivity index (χ4n) is 2.70. The van der Waals surface area contributed by atoms with Crippen LogP contribution in [0.1, 0.15) is 42.4 Å². The van der Waals surface area contributed by atoms with Crippen molar-refractivity contribution in [2.75, 3.05) is 14.1 Å². The fraction of sp³-hybridized carbons (Fsp3) is 0.300. The standard InChI is InChI=1S/C20H22N2O4S/c1-13-5-7-15(25-13)11-21(3)19(23)17-9-10-18(27-17)20(24)22(4)12-16-8-6-14(2)26-16/h5-10H,11-12H2,1-4H3. The Morgan fingerprint density at radius 3 is 1.52 bits per heavy atom. The molecule has 27 heavy (non-hydrogen) atoms. The van der Waals surface area contributed by atoms with Crippen LogP contribution in [-0.2, 0) is 13.1 Å². The number of hydrogen-bond donors (Lipinski definition) is 0. The van der Waals surface area contributed by atoms with E-state index < -0.39 is 0 Å². The largest absolute Gasteiger partial charge is 0.464 e. The Morgan fingerprint density at radius 2 is 1.19 bits per heavy atom. The number of furan rings is 2. The minimum atomic E-state index is -0.141. The van der Waals surface area contributed by atoms with Gasteiger partial charge in [0.05, 0.1) is 22.8 Å². The van der Waals surface area contributed by atoms with Gasteiger partial charge in [-0.3, -0.25) is 9.59 Å². The van der Waals surface area contributed by atoms with Crippen LogP contribution in [0.3, 0.4) is 0 Å². The van der Waals surface area contributed by atoms with E-state index in [-0.39, 0.29) is 11.8 Å². The van der Waals surface area contributed by atoms with Gasteiger partial charge < -0.3 is 18.6 Å². The lowest BCUT2D eigenvalue weighted by Gasteiger charge is -2.15. The van der Waals surface area contributed by atoms with Crippen LogP contribution in [-0.4, -0.2) is 35.7 Å². The first-order chi connectivity index (χ1) is 12.8. The van der Waals surface area contributed by atoms with E-state index in [0.717, 1.165) is 23.0 Å². The third-order valence-corrected chi connectivity index (χ3v) is 5.16. The lowest BCUT2D eigenvalue weighted by atomic mass is 10.3. The predicted molar refractivity (Wildman–Crippen MR) is 103 cm³/mol. The summed E-state index contributed by atoms with van der Waals surface area (Å²) in [4.78, 5) is 29.4. The first-order valence-corrected chi connectivity index (χ1v) is 9.36. The normalized spacial score (nSPS) is 10.8. The van der Waals surface area contributed by atoms with Crippen molar-refractivity contribution in [2.45, 2.75) is 26.9 Å². The summed E-state index contributed by atoms with van der Waals surface area (Å²) in [5.74, 6) is 2.79. The van der Waals surface area contributed by atoms with Gasteiger partial charge in [0.1, 0.15) is 23.0 Å². The summed E-state index contributed by atoms with van der Waals surface area (Å²) < 4.78 is 11.0. The highest BCUT2D eigenvalue weighted by molar-refractivity contribution is 7.15. The lowest BCUT2D eigenvalue weighted by Crippen LogP contribution is -2.26. The summed E-state index contributed by atoms with van der Waals surface area (Å²) in [6.07, 6.45) is 0. The molecule has 0 saturated carbocycles. The Morgan fingerprint density at radius 1 is 0.778 bits per heavy atom. The molecule has 3 aromatic heterocycles. The monoisotopic (exact) mass is 386 g/mol. The van der Waals surface area contributed by atoms with Crippen molar-refractivity contribution in [3.63, 3.8) is 0 Å². The maximum Gasteiger partial charge on any atom is 0.264 e. The zero-order chi connectivity index (χ0) is 19.6. The number of nitrogens with zero attached hydrogens (tertiary/aromatic N) is 2. The van der Waals surface area contributed by atoms with Crippen LogP contribution >= 0.6 is 11.3 Å². The summed E-state index contributed by atoms with van der Waals surface area (Å²) in [5, 5.41) is 0. The van der Waals surface area contributed by atoms with Gasteiger partial charge in [-0.05, 0) is 50.2 Å². The van der Waals surface area contributed by atoms with E-state index in [0.29, 0.717) is 22.8 Å². The Labute approximate surface area is 162 Å². The highest BCUT2D eigenvalue weighted by Gasteiger charge is 2.20. The van der Waals surface area contributed by atoms with Gasteiger partial charge in [0.25, 0.3) is 11.8 Å². The maximum absolute atomic E-state index is 12.6. The number of carbonyl (C=O) groups is 2. The van der Waals surface area contributed by atoms with Crippen LogP contribution < -0.4 is 0 Å². The number of thiophene rings is 1. The van der Waals surface area contributed by atoms with E-state index in [4.69, 9.17) is 8.83 Å². The molecule has 3 heterocycles. The summed E-state index contributed by atoms with van der Waals surface area (Å²) in [7, 11) is 3.43. The lowest BCUT2D eigenvalue weighted by molar-refractivity contribution is 0.0775. The Hall–Kier alpha value is -2.80. The maximum atomic E-state index is 12.6. The van der Waals surface area contributed by atoms with Crippen molar-refractivity contribution >= 4 is 23.2 Å². The number of rotatable bonds is 6. The van der Waals surface area contributed by atoms with E-state index >= 15 is 0 Å². The van der Waals surface area contributed by atoms with Gasteiger partial charge in [0, 0.05) is 14.1 Å². The number of amides is 2. The van der Waals surface area contributed by atoms with E-state index in [1.54, 1.807) is 36.0 Å². The van der Waals surface area contributed by atoms with Gasteiger partial charge in [-0.2, -0.15) is 0 Å². The first kappa shape index (κ1) is 19.0. The molecular formula is C20H22N2O4S. The van der Waals surface area contributed by atoms with Crippen LogP contribution in [0.15, 0.2) is 45.2 Å². The quantitative estimate of drug-likeness (QED) is 0.640. The second-order valence-electron chi connectivity index (χ2n) is 6.51. The van der Waals surface area contributed by atoms with Crippen LogP contribution in [0.25, 0.3) is 0 Å². The molecule has 2 amide bonds. The number of carbonyl (C=O) groups excluding carboxylic acids is 2. The third-order valence-electron chi connectivity index (χ3n) is 4.10. The SMILES string of the molecule is Cc1ccc(CN(C)C(=O)c2ccc(C(=O)N(C)Cc3ccc(C)o3)s2)o1. The molecule has 0 aliphatic carbocycles. The molecule has 0 spiro atoms. The van der Waals surface area contributed by atoms with Crippen molar-refractivity contribution < 1.29 is 18.4 Å². The average Bonchev–Trinajstić information content (AvgIpc) is 3.35. The second-order valence-corrected chi connectivity index (χ2v) is 7.59. The van der Waals surface area contributed by atoms with Crippen molar-refractivity contribution in [1.82, 2.24) is 9.80 Å². The minimum Gasteiger partial charge on any atom is -0.464 e. The number of aryl methyl sites for hydroxylation is 2. The average molecular weight is 386 g/mol. The minimum absolute atomic E-state index is 0.141. The summed E-state index contributed by atoms with van der Waals surface area (Å²) in [5.41, 5.74) is 0. The highest BCUT2D eigenvalue weighted by Crippen LogP contribution is 2.21. The van der Waals surface area contributed by atoms with Crippen LogP contribution in [0.5, 0.6) is 0 Å². The smallest absolute Gasteiger partial charge is 0.264 e. The molecular weight excluding hydrogens is 364 g/mol. The molecule has 142 valence electrons. The van der Waals surface area contributed by atoms with Gasteiger partial charge in [-0.15, -0.1) is 11.3 Å². The molecule has 0 aromatic carbocycles. The highest BCUT2D eigenvalue weighted by atomic mass is 32.1. The molecule has 0 fully saturated rings. The zero-order valence-corrected chi connectivity index (χ0v) is 16.6. The molecule has 0 N–H and O–H groups in total. The van der Waals surface area contributed by atoms with Crippen molar-refractivity contribution in [2.24, 2.45) is 0 Å². The van der Waals surface area contributed by atoms with Gasteiger partial charge in [0.2, 0.25) is 0 Å². The molecule has 0 aliphatic heterocycles. The Kier molecular flexibility index (Phi) is 5.51. The van der Waals surface area contributed by atoms with Crippen molar-refractivity contribution in [1.29, 1.82) is 0 Å². The molecule has 0 aliphatic rings. The number of hydrogen-bond acceptors (Lipinski definition) is 5. The zero-order valence-electron chi connectivity index (χ0n) is 15.8. The van der Waals surface area contributed by atoms with Crippen LogP contribution in [0.4, 0.5) is 0 Å². The third kappa shape index (κ3) is 4.49. The van der Waals surface area contributed by atoms with Gasteiger partial charge in [-0.1, -0.05) is 0 Å². The summed E-state index contributed by atoms with van der Waals surface area (Å²) >= 11 is 1.19. The van der Waals surface area contributed by atoms with Crippen molar-refractivity contribution in [3.05, 3.63) is 69.2 Å². The van der Waals surface area contributed by atoms with Crippen LogP contribution in [0.2, 0.25) is 0 Å². The fourth-order valence-corrected chi connectivity index (χ4v) is 3.69. The Bertz CT molecular complexity index is 878. The molecule has 7 heteroatoms. The summed E-state index contributed by atoms with van der Waals surface area (Å²) in [6, 6.07) is 10.8. The molecule has 0 bridgehead atoms. The Balaban J connectivity index is 1.64. The van der Waals surface area contributed by atoms with E-state index in [1.807, 2.05) is 38.1 Å². The molecule has 0 saturated heterocycles.